The molecule has 4 nitrogen and oxygen atoms in total. The van der Waals surface area contributed by atoms with Gasteiger partial charge in [-0.15, -0.1) is 11.8 Å². The van der Waals surface area contributed by atoms with Crippen molar-refractivity contribution in [3.05, 3.63) is 29.8 Å². The molecule has 0 radical (unpaired) electrons. The van der Waals surface area contributed by atoms with E-state index in [2.05, 4.69) is 5.43 Å². The molecule has 1 aromatic rings. The molecule has 1 atom stereocenters. The first-order valence-electron chi connectivity index (χ1n) is 5.24. The molecule has 0 aromatic heterocycles. The molecule has 1 rings (SSSR count). The van der Waals surface area contributed by atoms with Crippen molar-refractivity contribution in [2.75, 3.05) is 18.3 Å². The third kappa shape index (κ3) is 5.08. The Bertz CT molecular complexity index is 443. The second-order valence-corrected chi connectivity index (χ2v) is 7.05. The van der Waals surface area contributed by atoms with Crippen LogP contribution in [0.25, 0.3) is 0 Å². The maximum atomic E-state index is 11.1. The van der Waals surface area contributed by atoms with Crippen LogP contribution in [0.4, 0.5) is 0 Å². The van der Waals surface area contributed by atoms with E-state index in [9.17, 15) is 8.42 Å². The van der Waals surface area contributed by atoms with Gasteiger partial charge >= 0.3 is 0 Å². The molecule has 0 saturated heterocycles. The van der Waals surface area contributed by atoms with Gasteiger partial charge in [0.2, 0.25) is 0 Å². The van der Waals surface area contributed by atoms with Crippen LogP contribution < -0.4 is 11.3 Å². The summed E-state index contributed by atoms with van der Waals surface area (Å²) in [6.07, 6.45) is 3.72. The summed E-state index contributed by atoms with van der Waals surface area (Å²) in [4.78, 5) is 1.17. The summed E-state index contributed by atoms with van der Waals surface area (Å²) >= 11 is 1.67. The Morgan fingerprint density at radius 3 is 2.35 bits per heavy atom. The first kappa shape index (κ1) is 14.5. The number of benzene rings is 1. The lowest BCUT2D eigenvalue weighted by Crippen LogP contribution is -2.29. The Balaban J connectivity index is 2.72. The van der Waals surface area contributed by atoms with E-state index >= 15 is 0 Å². The molecule has 0 heterocycles. The number of sulfone groups is 1. The van der Waals surface area contributed by atoms with Gasteiger partial charge in [-0.2, -0.15) is 0 Å². The van der Waals surface area contributed by atoms with Crippen LogP contribution in [0, 0.1) is 0 Å². The number of rotatable bonds is 6. The summed E-state index contributed by atoms with van der Waals surface area (Å²) < 4.78 is 22.2. The smallest absolute Gasteiger partial charge is 0.147 e. The molecule has 96 valence electrons. The van der Waals surface area contributed by atoms with Crippen LogP contribution in [-0.4, -0.2) is 26.7 Å². The van der Waals surface area contributed by atoms with E-state index in [0.29, 0.717) is 6.42 Å². The van der Waals surface area contributed by atoms with Gasteiger partial charge < -0.3 is 0 Å². The quantitative estimate of drug-likeness (QED) is 0.465. The topological polar surface area (TPSA) is 72.2 Å². The van der Waals surface area contributed by atoms with Crippen LogP contribution in [0.5, 0.6) is 0 Å². The van der Waals surface area contributed by atoms with Crippen molar-refractivity contribution >= 4 is 21.6 Å². The largest absolute Gasteiger partial charge is 0.271 e. The Morgan fingerprint density at radius 1 is 1.35 bits per heavy atom. The zero-order valence-electron chi connectivity index (χ0n) is 10.0. The van der Waals surface area contributed by atoms with Crippen LogP contribution >= 0.6 is 11.8 Å². The zero-order chi connectivity index (χ0) is 12.9. The van der Waals surface area contributed by atoms with Crippen molar-refractivity contribution in [2.45, 2.75) is 17.4 Å². The highest BCUT2D eigenvalue weighted by Gasteiger charge is 2.12. The van der Waals surface area contributed by atoms with Crippen molar-refractivity contribution in [2.24, 2.45) is 5.84 Å². The summed E-state index contributed by atoms with van der Waals surface area (Å²) in [6.45, 7) is 0. The van der Waals surface area contributed by atoms with Gasteiger partial charge in [-0.25, -0.2) is 8.42 Å². The molecule has 0 amide bonds. The SMILES string of the molecule is CSc1ccc(C(CCS(C)(=O)=O)NN)cc1. The number of hydrogen-bond acceptors (Lipinski definition) is 5. The normalized spacial score (nSPS) is 13.6. The van der Waals surface area contributed by atoms with Crippen molar-refractivity contribution in [1.82, 2.24) is 5.43 Å². The second-order valence-electron chi connectivity index (χ2n) is 3.91. The first-order chi connectivity index (χ1) is 7.96. The highest BCUT2D eigenvalue weighted by atomic mass is 32.2. The van der Waals surface area contributed by atoms with Crippen molar-refractivity contribution in [1.29, 1.82) is 0 Å². The van der Waals surface area contributed by atoms with E-state index in [1.165, 1.54) is 11.2 Å². The van der Waals surface area contributed by atoms with Crippen LogP contribution in [0.1, 0.15) is 18.0 Å². The zero-order valence-corrected chi connectivity index (χ0v) is 11.6. The fourth-order valence-electron chi connectivity index (χ4n) is 1.51. The van der Waals surface area contributed by atoms with E-state index in [0.717, 1.165) is 5.56 Å². The fraction of sp³-hybridized carbons (Fsp3) is 0.455. The van der Waals surface area contributed by atoms with Crippen LogP contribution in [-0.2, 0) is 9.84 Å². The first-order valence-corrected chi connectivity index (χ1v) is 8.52. The predicted molar refractivity (Wildman–Crippen MR) is 72.6 cm³/mol. The van der Waals surface area contributed by atoms with E-state index in [-0.39, 0.29) is 11.8 Å². The van der Waals surface area contributed by atoms with Gasteiger partial charge in [0.1, 0.15) is 9.84 Å². The van der Waals surface area contributed by atoms with Crippen molar-refractivity contribution in [3.8, 4) is 0 Å². The molecule has 17 heavy (non-hydrogen) atoms. The maximum Gasteiger partial charge on any atom is 0.147 e. The third-order valence-corrected chi connectivity index (χ3v) is 4.22. The minimum atomic E-state index is -2.95. The van der Waals surface area contributed by atoms with Gasteiger partial charge in [-0.05, 0) is 30.4 Å². The highest BCUT2D eigenvalue weighted by molar-refractivity contribution is 7.98. The Morgan fingerprint density at radius 2 is 1.94 bits per heavy atom. The Hall–Kier alpha value is -0.560. The van der Waals surface area contributed by atoms with Crippen LogP contribution in [0.15, 0.2) is 29.2 Å². The van der Waals surface area contributed by atoms with Gasteiger partial charge in [0.05, 0.1) is 5.75 Å². The van der Waals surface area contributed by atoms with E-state index in [1.807, 2.05) is 30.5 Å². The summed E-state index contributed by atoms with van der Waals surface area (Å²) in [5, 5.41) is 0. The summed E-state index contributed by atoms with van der Waals surface area (Å²) in [7, 11) is -2.95. The summed E-state index contributed by atoms with van der Waals surface area (Å²) in [5.74, 6) is 5.59. The van der Waals surface area contributed by atoms with Crippen LogP contribution in [0.3, 0.4) is 0 Å². The maximum absolute atomic E-state index is 11.1. The predicted octanol–water partition coefficient (Wildman–Crippen LogP) is 1.35. The van der Waals surface area contributed by atoms with Crippen molar-refractivity contribution < 1.29 is 8.42 Å². The van der Waals surface area contributed by atoms with E-state index in [4.69, 9.17) is 5.84 Å². The van der Waals surface area contributed by atoms with Gasteiger partial charge in [-0.3, -0.25) is 11.3 Å². The molecule has 0 spiro atoms. The number of thioether (sulfide) groups is 1. The standard InChI is InChI=1S/C11H18N2O2S2/c1-16-10-5-3-9(4-6-10)11(13-12)7-8-17(2,14)15/h3-6,11,13H,7-8,12H2,1-2H3. The molecule has 6 heteroatoms. The van der Waals surface area contributed by atoms with Gasteiger partial charge in [0.15, 0.2) is 0 Å². The summed E-state index contributed by atoms with van der Waals surface area (Å²) in [5.41, 5.74) is 3.67. The molecular formula is C11H18N2O2S2. The van der Waals surface area contributed by atoms with Crippen molar-refractivity contribution in [3.63, 3.8) is 0 Å². The third-order valence-electron chi connectivity index (χ3n) is 2.50. The number of nitrogens with two attached hydrogens (primary N) is 1. The second kappa shape index (κ2) is 6.39. The average Bonchev–Trinajstić information content (AvgIpc) is 2.29. The Labute approximate surface area is 107 Å². The fourth-order valence-corrected chi connectivity index (χ4v) is 2.59. The number of nitrogens with one attached hydrogen (secondary N) is 1. The van der Waals surface area contributed by atoms with E-state index in [1.54, 1.807) is 11.8 Å². The van der Waals surface area contributed by atoms with E-state index < -0.39 is 9.84 Å². The molecule has 0 bridgehead atoms. The molecule has 0 aliphatic heterocycles. The highest BCUT2D eigenvalue weighted by Crippen LogP contribution is 2.21. The molecule has 0 aliphatic carbocycles. The average molecular weight is 274 g/mol. The summed E-state index contributed by atoms with van der Waals surface area (Å²) in [6, 6.07) is 7.83. The number of hydrogen-bond donors (Lipinski definition) is 2. The number of hydrazine groups is 1. The van der Waals surface area contributed by atoms with Crippen LogP contribution in [0.2, 0.25) is 0 Å². The monoisotopic (exact) mass is 274 g/mol. The van der Waals surface area contributed by atoms with Gasteiger partial charge in [-0.1, -0.05) is 12.1 Å². The molecular weight excluding hydrogens is 256 g/mol. The lowest BCUT2D eigenvalue weighted by molar-refractivity contribution is 0.531. The molecule has 0 fully saturated rings. The lowest BCUT2D eigenvalue weighted by atomic mass is 10.1. The minimum Gasteiger partial charge on any atom is -0.271 e. The van der Waals surface area contributed by atoms with Gasteiger partial charge in [0, 0.05) is 17.2 Å². The molecule has 3 N–H and O–H groups in total. The molecule has 0 aliphatic rings. The minimum absolute atomic E-state index is 0.124. The lowest BCUT2D eigenvalue weighted by Gasteiger charge is -2.16. The molecule has 0 saturated carbocycles. The molecule has 1 unspecified atom stereocenters. The molecule has 1 aromatic carbocycles. The van der Waals surface area contributed by atoms with Gasteiger partial charge in [0.25, 0.3) is 0 Å². The Kier molecular flexibility index (Phi) is 5.45.